The molecule has 4 nitrogen and oxygen atoms in total. The first kappa shape index (κ1) is 22.5. The van der Waals surface area contributed by atoms with Gasteiger partial charge in [0.2, 0.25) is 0 Å². The van der Waals surface area contributed by atoms with E-state index in [1.807, 2.05) is 0 Å². The maximum atomic E-state index is 8.88. The van der Waals surface area contributed by atoms with Crippen molar-refractivity contribution in [1.29, 1.82) is 0 Å². The Morgan fingerprint density at radius 3 is 1.25 bits per heavy atom. The summed E-state index contributed by atoms with van der Waals surface area (Å²) in [6, 6.07) is 0. The molecule has 8 heteroatoms. The minimum absolute atomic E-state index is 0. The van der Waals surface area contributed by atoms with Crippen LogP contribution >= 0.6 is 7.82 Å². The molecule has 8 heavy (non-hydrogen) atoms. The van der Waals surface area contributed by atoms with Crippen molar-refractivity contribution in [3.63, 3.8) is 0 Å². The van der Waals surface area contributed by atoms with Crippen molar-refractivity contribution < 1.29 is 84.4 Å². The molecule has 0 saturated heterocycles. The van der Waals surface area contributed by atoms with Crippen molar-refractivity contribution >= 4 is 7.82 Å². The van der Waals surface area contributed by atoms with E-state index in [0.717, 1.165) is 0 Å². The first-order chi connectivity index (χ1) is 2.00. The second-order valence-corrected chi connectivity index (χ2v) is 1.54. The molecule has 1 radical (unpaired) electrons. The number of hydrogen-bond acceptors (Lipinski definition) is 1. The molecule has 3 N–H and O–H groups in total. The minimum Gasteiger partial charge on any atom is -1.00 e. The van der Waals surface area contributed by atoms with Crippen LogP contribution in [0.1, 0.15) is 1.43 Å². The minimum atomic E-state index is -4.64. The molecule has 0 amide bonds. The molecular weight excluding hydrogens is 229 g/mol. The summed E-state index contributed by atoms with van der Waals surface area (Å²) in [6.07, 6.45) is 0. The Balaban J connectivity index is -0.0000000133. The Kier molecular flexibility index (Phi) is 25.7. The molecule has 0 atom stereocenters. The van der Waals surface area contributed by atoms with Crippen LogP contribution in [0.15, 0.2) is 0 Å². The predicted molar refractivity (Wildman–Crippen MR) is 15.4 cm³/mol. The zero-order valence-electron chi connectivity index (χ0n) is 4.93. The van der Waals surface area contributed by atoms with Crippen LogP contribution in [0.5, 0.6) is 0 Å². The summed E-state index contributed by atoms with van der Waals surface area (Å²) in [5.41, 5.74) is 0. The summed E-state index contributed by atoms with van der Waals surface area (Å²) in [5, 5.41) is 0. The van der Waals surface area contributed by atoms with E-state index in [1.165, 1.54) is 0 Å². The molecule has 0 rings (SSSR count). The van der Waals surface area contributed by atoms with Crippen LogP contribution in [0.2, 0.25) is 0 Å². The second kappa shape index (κ2) is 9.15. The van der Waals surface area contributed by atoms with Gasteiger partial charge < -0.3 is 16.1 Å². The second-order valence-electron chi connectivity index (χ2n) is 0.513. The first-order valence-corrected chi connectivity index (χ1v) is 2.35. The van der Waals surface area contributed by atoms with Gasteiger partial charge in [-0.2, -0.15) is 0 Å². The maximum absolute atomic E-state index is 8.88. The topological polar surface area (TPSA) is 77.8 Å². The molecule has 0 fully saturated rings. The van der Waals surface area contributed by atoms with Crippen LogP contribution in [0, 0.1) is 0 Å². The van der Waals surface area contributed by atoms with Gasteiger partial charge in [-0.05, 0) is 0 Å². The normalized spacial score (nSPS) is 7.38. The molecule has 0 heterocycles. The van der Waals surface area contributed by atoms with Crippen molar-refractivity contribution in [1.82, 2.24) is 0 Å². The van der Waals surface area contributed by atoms with Crippen LogP contribution in [0.3, 0.4) is 0 Å². The molecule has 0 aliphatic carbocycles. The predicted octanol–water partition coefficient (Wildman–Crippen LogP) is -3.82. The van der Waals surface area contributed by atoms with E-state index in [4.69, 9.17) is 19.2 Å². The van der Waals surface area contributed by atoms with Crippen molar-refractivity contribution in [2.24, 2.45) is 0 Å². The summed E-state index contributed by atoms with van der Waals surface area (Å²) in [4.78, 5) is 21.6. The van der Waals surface area contributed by atoms with Gasteiger partial charge in [-0.3, -0.25) is 0 Å². The van der Waals surface area contributed by atoms with Crippen molar-refractivity contribution in [3.05, 3.63) is 0 Å². The summed E-state index contributed by atoms with van der Waals surface area (Å²) in [5.74, 6) is 0. The molecule has 49 valence electrons. The molecule has 0 aromatic rings. The maximum Gasteiger partial charge on any atom is 1.00 e. The molecule has 0 aliphatic heterocycles. The standard InChI is InChI=1S/Fe.Mn.Na.H3O4P.H/c;;;1-5(2,3)4;/h;;;(H3,1,2,3,4);/q;;+1;;-1. The van der Waals surface area contributed by atoms with Gasteiger partial charge in [0.25, 0.3) is 0 Å². The number of phosphoric acid groups is 1. The number of hydrogen-bond donors (Lipinski definition) is 3. The third kappa shape index (κ3) is 90.2. The van der Waals surface area contributed by atoms with Crippen molar-refractivity contribution in [2.75, 3.05) is 0 Å². The molecule has 0 bridgehead atoms. The number of rotatable bonds is 0. The Hall–Kier alpha value is 2.15. The molecule has 0 aromatic heterocycles. The Morgan fingerprint density at radius 1 is 1.25 bits per heavy atom. The molecular formula is H4FeMnNaO4P. The van der Waals surface area contributed by atoms with E-state index >= 15 is 0 Å². The average Bonchev–Trinajstić information content (AvgIpc) is 0.722. The Morgan fingerprint density at radius 2 is 1.25 bits per heavy atom. The van der Waals surface area contributed by atoms with Gasteiger partial charge in [-0.15, -0.1) is 0 Å². The third-order valence-electron chi connectivity index (χ3n) is 0. The van der Waals surface area contributed by atoms with Gasteiger partial charge in [0.05, 0.1) is 0 Å². The largest absolute Gasteiger partial charge is 1.00 e. The van der Waals surface area contributed by atoms with Gasteiger partial charge in [0.15, 0.2) is 0 Å². The fourth-order valence-electron chi connectivity index (χ4n) is 0. The molecule has 0 saturated carbocycles. The summed E-state index contributed by atoms with van der Waals surface area (Å²) >= 11 is 0. The van der Waals surface area contributed by atoms with Gasteiger partial charge in [0, 0.05) is 34.1 Å². The summed E-state index contributed by atoms with van der Waals surface area (Å²) in [7, 11) is -4.64. The van der Waals surface area contributed by atoms with Gasteiger partial charge in [-0.25, -0.2) is 4.57 Å². The van der Waals surface area contributed by atoms with Crippen LogP contribution in [-0.2, 0) is 38.7 Å². The van der Waals surface area contributed by atoms with Crippen LogP contribution in [0.4, 0.5) is 0 Å². The van der Waals surface area contributed by atoms with Crippen LogP contribution in [0.25, 0.3) is 0 Å². The monoisotopic (exact) mass is 233 g/mol. The molecule has 0 unspecified atom stereocenters. The van der Waals surface area contributed by atoms with Crippen LogP contribution in [-0.4, -0.2) is 14.7 Å². The fraction of sp³-hybridized carbons (Fsp3) is 0. The van der Waals surface area contributed by atoms with Crippen LogP contribution < -0.4 is 29.6 Å². The molecule has 0 aromatic carbocycles. The fourth-order valence-corrected chi connectivity index (χ4v) is 0. The van der Waals surface area contributed by atoms with E-state index < -0.39 is 7.82 Å². The van der Waals surface area contributed by atoms with E-state index in [-0.39, 0.29) is 65.1 Å². The van der Waals surface area contributed by atoms with Gasteiger partial charge >= 0.3 is 37.4 Å². The Bertz CT molecular complexity index is 66.7. The molecule has 0 spiro atoms. The SMILES string of the molecule is O=P(O)(O)O.[Fe].[H-].[Mn].[Na+]. The molecule has 0 aliphatic rings. The van der Waals surface area contributed by atoms with E-state index in [1.54, 1.807) is 0 Å². The quantitative estimate of drug-likeness (QED) is 0.296. The van der Waals surface area contributed by atoms with Crippen molar-refractivity contribution in [3.8, 4) is 0 Å². The van der Waals surface area contributed by atoms with E-state index in [0.29, 0.717) is 0 Å². The summed E-state index contributed by atoms with van der Waals surface area (Å²) < 4.78 is 8.88. The smallest absolute Gasteiger partial charge is 1.00 e. The zero-order chi connectivity index (χ0) is 4.50. The summed E-state index contributed by atoms with van der Waals surface area (Å²) in [6.45, 7) is 0. The van der Waals surface area contributed by atoms with E-state index in [9.17, 15) is 0 Å². The van der Waals surface area contributed by atoms with Crippen molar-refractivity contribution in [2.45, 2.75) is 0 Å². The van der Waals surface area contributed by atoms with E-state index in [2.05, 4.69) is 0 Å². The van der Waals surface area contributed by atoms with Gasteiger partial charge in [0.1, 0.15) is 0 Å². The Labute approximate surface area is 91.4 Å². The van der Waals surface area contributed by atoms with Gasteiger partial charge in [-0.1, -0.05) is 0 Å². The zero-order valence-corrected chi connectivity index (χ0v) is 9.11. The third-order valence-corrected chi connectivity index (χ3v) is 0. The average molecular weight is 233 g/mol. The first-order valence-electron chi connectivity index (χ1n) is 0.783.